The van der Waals surface area contributed by atoms with E-state index < -0.39 is 0 Å². The van der Waals surface area contributed by atoms with Gasteiger partial charge in [0, 0.05) is 31.7 Å². The highest BCUT2D eigenvalue weighted by molar-refractivity contribution is 4.88. The fourth-order valence-corrected chi connectivity index (χ4v) is 3.36. The third-order valence-electron chi connectivity index (χ3n) is 4.64. The lowest BCUT2D eigenvalue weighted by Gasteiger charge is -2.45. The van der Waals surface area contributed by atoms with E-state index in [4.69, 9.17) is 5.11 Å². The molecule has 3 heteroatoms. The van der Waals surface area contributed by atoms with E-state index in [9.17, 15) is 0 Å². The average molecular weight is 240 g/mol. The normalized spacial score (nSPS) is 33.4. The summed E-state index contributed by atoms with van der Waals surface area (Å²) in [6.45, 7) is 8.18. The molecule has 0 aromatic heterocycles. The van der Waals surface area contributed by atoms with Crippen molar-refractivity contribution in [2.45, 2.75) is 51.6 Å². The van der Waals surface area contributed by atoms with Crippen LogP contribution in [0.25, 0.3) is 0 Å². The van der Waals surface area contributed by atoms with Gasteiger partial charge in [-0.3, -0.25) is 4.90 Å². The van der Waals surface area contributed by atoms with E-state index in [0.29, 0.717) is 6.04 Å². The van der Waals surface area contributed by atoms with Crippen LogP contribution in [0, 0.1) is 11.8 Å². The Morgan fingerprint density at radius 1 is 1.35 bits per heavy atom. The molecule has 0 spiro atoms. The van der Waals surface area contributed by atoms with Gasteiger partial charge in [0.15, 0.2) is 0 Å². The fourth-order valence-electron chi connectivity index (χ4n) is 3.36. The van der Waals surface area contributed by atoms with Crippen LogP contribution >= 0.6 is 0 Å². The maximum absolute atomic E-state index is 8.90. The minimum atomic E-state index is 0.253. The summed E-state index contributed by atoms with van der Waals surface area (Å²) in [6, 6.07) is 1.33. The molecule has 2 fully saturated rings. The first-order chi connectivity index (χ1) is 8.20. The molecule has 0 aromatic carbocycles. The van der Waals surface area contributed by atoms with Crippen molar-refractivity contribution in [1.29, 1.82) is 0 Å². The summed E-state index contributed by atoms with van der Waals surface area (Å²) < 4.78 is 0. The minimum absolute atomic E-state index is 0.253. The number of rotatable bonds is 5. The molecule has 1 heterocycles. The molecule has 2 N–H and O–H groups in total. The smallest absolute Gasteiger partial charge is 0.0556 e. The Morgan fingerprint density at radius 2 is 2.12 bits per heavy atom. The Bertz CT molecular complexity index is 230. The first-order valence-corrected chi connectivity index (χ1v) is 7.29. The molecule has 3 unspecified atom stereocenters. The Labute approximate surface area is 106 Å². The number of aliphatic hydroxyl groups is 1. The van der Waals surface area contributed by atoms with E-state index in [2.05, 4.69) is 24.1 Å². The van der Waals surface area contributed by atoms with E-state index in [1.807, 2.05) is 0 Å². The molecule has 2 aliphatic rings. The zero-order valence-electron chi connectivity index (χ0n) is 11.4. The lowest BCUT2D eigenvalue weighted by Crippen LogP contribution is -2.54. The molecule has 1 saturated carbocycles. The van der Waals surface area contributed by atoms with Gasteiger partial charge in [0.2, 0.25) is 0 Å². The van der Waals surface area contributed by atoms with Gasteiger partial charge in [-0.1, -0.05) is 13.3 Å². The number of aliphatic hydroxyl groups excluding tert-OH is 1. The maximum atomic E-state index is 8.90. The van der Waals surface area contributed by atoms with Crippen LogP contribution in [-0.4, -0.2) is 48.3 Å². The van der Waals surface area contributed by atoms with E-state index >= 15 is 0 Å². The number of nitrogens with zero attached hydrogens (tertiary/aromatic N) is 1. The van der Waals surface area contributed by atoms with Crippen molar-refractivity contribution in [2.75, 3.05) is 26.2 Å². The molecule has 0 amide bonds. The Morgan fingerprint density at radius 3 is 2.71 bits per heavy atom. The Balaban J connectivity index is 1.83. The second kappa shape index (κ2) is 6.17. The van der Waals surface area contributed by atoms with Gasteiger partial charge in [-0.25, -0.2) is 0 Å². The van der Waals surface area contributed by atoms with E-state index in [0.717, 1.165) is 24.4 Å². The van der Waals surface area contributed by atoms with Crippen molar-refractivity contribution >= 4 is 0 Å². The van der Waals surface area contributed by atoms with Crippen molar-refractivity contribution in [1.82, 2.24) is 10.2 Å². The van der Waals surface area contributed by atoms with Crippen molar-refractivity contribution in [3.8, 4) is 0 Å². The average Bonchev–Trinajstić information content (AvgIpc) is 2.23. The highest BCUT2D eigenvalue weighted by atomic mass is 16.3. The van der Waals surface area contributed by atoms with Gasteiger partial charge < -0.3 is 10.4 Å². The molecule has 3 nitrogen and oxygen atoms in total. The van der Waals surface area contributed by atoms with Crippen molar-refractivity contribution in [3.05, 3.63) is 0 Å². The van der Waals surface area contributed by atoms with Crippen molar-refractivity contribution in [3.63, 3.8) is 0 Å². The zero-order chi connectivity index (χ0) is 12.3. The SMILES string of the molecule is CC1CC(NCCO)CN(C(C)C2CCC2)C1. The third-order valence-corrected chi connectivity index (χ3v) is 4.64. The van der Waals surface area contributed by atoms with Crippen LogP contribution < -0.4 is 5.32 Å². The van der Waals surface area contributed by atoms with Crippen molar-refractivity contribution < 1.29 is 5.11 Å². The molecular weight excluding hydrogens is 212 g/mol. The first-order valence-electron chi connectivity index (χ1n) is 7.29. The summed E-state index contributed by atoms with van der Waals surface area (Å²) >= 11 is 0. The highest BCUT2D eigenvalue weighted by Gasteiger charge is 2.33. The van der Waals surface area contributed by atoms with Gasteiger partial charge in [-0.05, 0) is 38.0 Å². The van der Waals surface area contributed by atoms with Crippen LogP contribution in [0.1, 0.15) is 39.5 Å². The highest BCUT2D eigenvalue weighted by Crippen LogP contribution is 2.33. The van der Waals surface area contributed by atoms with Crippen LogP contribution in [0.2, 0.25) is 0 Å². The van der Waals surface area contributed by atoms with Crippen LogP contribution in [0.3, 0.4) is 0 Å². The van der Waals surface area contributed by atoms with Gasteiger partial charge >= 0.3 is 0 Å². The van der Waals surface area contributed by atoms with Crippen LogP contribution in [-0.2, 0) is 0 Å². The number of hydrogen-bond acceptors (Lipinski definition) is 3. The van der Waals surface area contributed by atoms with Gasteiger partial charge in [-0.2, -0.15) is 0 Å². The third kappa shape index (κ3) is 3.43. The predicted octanol–water partition coefficient (Wildman–Crippen LogP) is 1.47. The number of piperidine rings is 1. The van der Waals surface area contributed by atoms with Gasteiger partial charge in [0.05, 0.1) is 6.61 Å². The standard InChI is InChI=1S/C14H28N2O/c1-11-8-14(15-6-7-17)10-16(9-11)12(2)13-4-3-5-13/h11-15,17H,3-10H2,1-2H3. The van der Waals surface area contributed by atoms with Crippen LogP contribution in [0.5, 0.6) is 0 Å². The molecule has 1 aliphatic heterocycles. The molecule has 1 saturated heterocycles. The molecule has 17 heavy (non-hydrogen) atoms. The second-order valence-corrected chi connectivity index (χ2v) is 6.10. The van der Waals surface area contributed by atoms with Crippen LogP contribution in [0.4, 0.5) is 0 Å². The lowest BCUT2D eigenvalue weighted by atomic mass is 9.79. The summed E-state index contributed by atoms with van der Waals surface area (Å²) in [4.78, 5) is 2.67. The fraction of sp³-hybridized carbons (Fsp3) is 1.00. The monoisotopic (exact) mass is 240 g/mol. The largest absolute Gasteiger partial charge is 0.395 e. The van der Waals surface area contributed by atoms with E-state index in [-0.39, 0.29) is 6.61 Å². The van der Waals surface area contributed by atoms with E-state index in [1.54, 1.807) is 0 Å². The molecule has 3 atom stereocenters. The molecular formula is C14H28N2O. The summed E-state index contributed by atoms with van der Waals surface area (Å²) in [5.74, 6) is 1.72. The van der Waals surface area contributed by atoms with Crippen molar-refractivity contribution in [2.24, 2.45) is 11.8 Å². The second-order valence-electron chi connectivity index (χ2n) is 6.10. The molecule has 0 radical (unpaired) electrons. The number of nitrogens with one attached hydrogen (secondary N) is 1. The summed E-state index contributed by atoms with van der Waals surface area (Å²) in [6.07, 6.45) is 5.56. The molecule has 1 aliphatic carbocycles. The molecule has 0 aromatic rings. The van der Waals surface area contributed by atoms with Gasteiger partial charge in [0.1, 0.15) is 0 Å². The first kappa shape index (κ1) is 13.3. The molecule has 100 valence electrons. The molecule has 2 rings (SSSR count). The van der Waals surface area contributed by atoms with Crippen LogP contribution in [0.15, 0.2) is 0 Å². The maximum Gasteiger partial charge on any atom is 0.0556 e. The molecule has 0 bridgehead atoms. The number of hydrogen-bond donors (Lipinski definition) is 2. The quantitative estimate of drug-likeness (QED) is 0.764. The zero-order valence-corrected chi connectivity index (χ0v) is 11.4. The summed E-state index contributed by atoms with van der Waals surface area (Å²) in [5.41, 5.74) is 0. The topological polar surface area (TPSA) is 35.5 Å². The van der Waals surface area contributed by atoms with E-state index in [1.165, 1.54) is 38.8 Å². The predicted molar refractivity (Wildman–Crippen MR) is 71.0 cm³/mol. The Hall–Kier alpha value is -0.120. The number of likely N-dealkylation sites (tertiary alicyclic amines) is 1. The van der Waals surface area contributed by atoms with Gasteiger partial charge in [-0.15, -0.1) is 0 Å². The minimum Gasteiger partial charge on any atom is -0.395 e. The van der Waals surface area contributed by atoms with Gasteiger partial charge in [0.25, 0.3) is 0 Å². The lowest BCUT2D eigenvalue weighted by molar-refractivity contribution is 0.0549. The Kier molecular flexibility index (Phi) is 4.83. The summed E-state index contributed by atoms with van der Waals surface area (Å²) in [7, 11) is 0. The summed E-state index contributed by atoms with van der Waals surface area (Å²) in [5, 5.41) is 12.4.